The minimum Gasteiger partial charge on any atom is -0.378 e. The number of hydrogen-bond donors (Lipinski definition) is 1. The molecule has 1 saturated heterocycles. The number of amides is 1. The highest BCUT2D eigenvalue weighted by atomic mass is 19.4. The Morgan fingerprint density at radius 2 is 1.88 bits per heavy atom. The Labute approximate surface area is 182 Å². The lowest BCUT2D eigenvalue weighted by Crippen LogP contribution is -2.40. The Morgan fingerprint density at radius 3 is 2.56 bits per heavy atom. The number of morpholine rings is 1. The van der Waals surface area contributed by atoms with Gasteiger partial charge in [0.2, 0.25) is 0 Å². The third kappa shape index (κ3) is 4.12. The summed E-state index contributed by atoms with van der Waals surface area (Å²) in [6.07, 6.45) is -2.80. The molecule has 3 aromatic rings. The van der Waals surface area contributed by atoms with Crippen LogP contribution in [0.3, 0.4) is 0 Å². The molecule has 1 aliphatic rings. The Kier molecular flexibility index (Phi) is 6.01. The topological polar surface area (TPSA) is 54.5 Å². The number of nitrogens with zero attached hydrogens (tertiary/aromatic N) is 2. The van der Waals surface area contributed by atoms with Crippen molar-refractivity contribution in [1.82, 2.24) is 9.88 Å². The van der Waals surface area contributed by atoms with E-state index in [1.165, 1.54) is 12.3 Å². The van der Waals surface area contributed by atoms with E-state index in [1.807, 2.05) is 13.0 Å². The summed E-state index contributed by atoms with van der Waals surface area (Å²) in [4.78, 5) is 19.2. The van der Waals surface area contributed by atoms with Crippen molar-refractivity contribution in [2.45, 2.75) is 19.5 Å². The number of nitrogens with one attached hydrogen (secondary N) is 1. The number of benzene rings is 2. The molecular weight excluding hydrogens is 426 g/mol. The molecule has 168 valence electrons. The van der Waals surface area contributed by atoms with Gasteiger partial charge in [-0.25, -0.2) is 9.37 Å². The van der Waals surface area contributed by atoms with Crippen molar-refractivity contribution in [3.05, 3.63) is 65.1 Å². The number of carbonyl (C=O) groups excluding carboxylic acids is 1. The number of hydrogen-bond acceptors (Lipinski definition) is 4. The van der Waals surface area contributed by atoms with E-state index in [4.69, 9.17) is 4.74 Å². The van der Waals surface area contributed by atoms with E-state index in [9.17, 15) is 22.4 Å². The van der Waals surface area contributed by atoms with Gasteiger partial charge in [-0.05, 0) is 24.1 Å². The van der Waals surface area contributed by atoms with Gasteiger partial charge in [-0.2, -0.15) is 13.2 Å². The smallest absolute Gasteiger partial charge is 0.378 e. The maximum Gasteiger partial charge on any atom is 0.419 e. The first-order chi connectivity index (χ1) is 15.3. The fourth-order valence-corrected chi connectivity index (χ4v) is 3.85. The zero-order chi connectivity index (χ0) is 22.9. The van der Waals surface area contributed by atoms with Gasteiger partial charge in [-0.3, -0.25) is 4.79 Å². The SMILES string of the molecule is CCc1cccc2c(Nc3cccc(C(F)(F)F)c3F)ncc(C(=O)N3CCOCC3)c12. The van der Waals surface area contributed by atoms with Crippen LogP contribution in [0.25, 0.3) is 10.8 Å². The van der Waals surface area contributed by atoms with E-state index in [1.54, 1.807) is 17.0 Å². The van der Waals surface area contributed by atoms with Gasteiger partial charge in [0.15, 0.2) is 5.82 Å². The molecule has 0 aliphatic carbocycles. The molecule has 2 heterocycles. The van der Waals surface area contributed by atoms with Gasteiger partial charge >= 0.3 is 6.18 Å². The molecule has 0 spiro atoms. The van der Waals surface area contributed by atoms with E-state index < -0.39 is 17.6 Å². The molecule has 5 nitrogen and oxygen atoms in total. The van der Waals surface area contributed by atoms with Gasteiger partial charge in [0.25, 0.3) is 5.91 Å². The average molecular weight is 447 g/mol. The fraction of sp³-hybridized carbons (Fsp3) is 0.304. The standard InChI is InChI=1S/C23H21F4N3O2/c1-2-14-5-3-6-15-19(14)16(22(31)30-9-11-32-12-10-30)13-28-21(15)29-18-8-4-7-17(20(18)24)23(25,26)27/h3-8,13H,2,9-12H2,1H3,(H,28,29). The van der Waals surface area contributed by atoms with Crippen LogP contribution in [0.1, 0.15) is 28.4 Å². The third-order valence-corrected chi connectivity index (χ3v) is 5.46. The summed E-state index contributed by atoms with van der Waals surface area (Å²) >= 11 is 0. The average Bonchev–Trinajstić information content (AvgIpc) is 2.79. The van der Waals surface area contributed by atoms with Gasteiger partial charge in [0.1, 0.15) is 5.82 Å². The zero-order valence-electron chi connectivity index (χ0n) is 17.3. The first kappa shape index (κ1) is 22.0. The predicted molar refractivity (Wildman–Crippen MR) is 113 cm³/mol. The van der Waals surface area contributed by atoms with Crippen molar-refractivity contribution in [2.24, 2.45) is 0 Å². The van der Waals surface area contributed by atoms with Crippen LogP contribution in [0.2, 0.25) is 0 Å². The van der Waals surface area contributed by atoms with Gasteiger partial charge < -0.3 is 15.0 Å². The summed E-state index contributed by atoms with van der Waals surface area (Å²) in [5, 5.41) is 3.87. The van der Waals surface area contributed by atoms with Crippen LogP contribution in [0, 0.1) is 5.82 Å². The number of ether oxygens (including phenoxy) is 1. The summed E-state index contributed by atoms with van der Waals surface area (Å²) in [5.41, 5.74) is -0.425. The second-order valence-electron chi connectivity index (χ2n) is 7.41. The number of fused-ring (bicyclic) bond motifs is 1. The second-order valence-corrected chi connectivity index (χ2v) is 7.41. The van der Waals surface area contributed by atoms with Crippen molar-refractivity contribution in [1.29, 1.82) is 0 Å². The molecule has 0 radical (unpaired) electrons. The lowest BCUT2D eigenvalue weighted by atomic mass is 9.98. The Balaban J connectivity index is 1.81. The van der Waals surface area contributed by atoms with E-state index in [0.717, 1.165) is 11.6 Å². The number of aromatic nitrogens is 1. The highest BCUT2D eigenvalue weighted by Crippen LogP contribution is 2.36. The lowest BCUT2D eigenvalue weighted by molar-refractivity contribution is -0.139. The number of carbonyl (C=O) groups is 1. The number of pyridine rings is 1. The monoisotopic (exact) mass is 447 g/mol. The minimum absolute atomic E-state index is 0.173. The molecule has 1 aliphatic heterocycles. The van der Waals surface area contributed by atoms with Crippen molar-refractivity contribution in [3.63, 3.8) is 0 Å². The van der Waals surface area contributed by atoms with Crippen molar-refractivity contribution >= 4 is 28.2 Å². The van der Waals surface area contributed by atoms with Crippen molar-refractivity contribution in [3.8, 4) is 0 Å². The molecular formula is C23H21F4N3O2. The van der Waals surface area contributed by atoms with E-state index >= 15 is 0 Å². The van der Waals surface area contributed by atoms with Crippen molar-refractivity contribution in [2.75, 3.05) is 31.6 Å². The largest absolute Gasteiger partial charge is 0.419 e. The van der Waals surface area contributed by atoms with Crippen LogP contribution < -0.4 is 5.32 Å². The van der Waals surface area contributed by atoms with Crippen LogP contribution in [-0.4, -0.2) is 42.1 Å². The molecule has 4 rings (SSSR count). The second kappa shape index (κ2) is 8.74. The number of anilines is 2. The minimum atomic E-state index is -4.82. The molecule has 1 N–H and O–H groups in total. The molecule has 32 heavy (non-hydrogen) atoms. The normalized spacial score (nSPS) is 14.6. The van der Waals surface area contributed by atoms with E-state index in [0.29, 0.717) is 55.1 Å². The number of halogens is 4. The molecule has 0 unspecified atom stereocenters. The molecule has 1 amide bonds. The fourth-order valence-electron chi connectivity index (χ4n) is 3.85. The van der Waals surface area contributed by atoms with Crippen LogP contribution in [0.15, 0.2) is 42.6 Å². The molecule has 0 saturated carbocycles. The van der Waals surface area contributed by atoms with Gasteiger partial charge in [-0.15, -0.1) is 0 Å². The van der Waals surface area contributed by atoms with Gasteiger partial charge in [0, 0.05) is 30.1 Å². The van der Waals surface area contributed by atoms with Crippen molar-refractivity contribution < 1.29 is 27.1 Å². The Hall–Kier alpha value is -3.20. The lowest BCUT2D eigenvalue weighted by Gasteiger charge is -2.27. The third-order valence-electron chi connectivity index (χ3n) is 5.46. The zero-order valence-corrected chi connectivity index (χ0v) is 17.3. The number of aryl methyl sites for hydroxylation is 1. The van der Waals surface area contributed by atoms with E-state index in [-0.39, 0.29) is 17.4 Å². The van der Waals surface area contributed by atoms with Gasteiger partial charge in [-0.1, -0.05) is 31.2 Å². The van der Waals surface area contributed by atoms with Crippen LogP contribution in [0.5, 0.6) is 0 Å². The van der Waals surface area contributed by atoms with Crippen LogP contribution in [0.4, 0.5) is 29.1 Å². The Morgan fingerprint density at radius 1 is 1.16 bits per heavy atom. The van der Waals surface area contributed by atoms with Crippen LogP contribution in [-0.2, 0) is 17.3 Å². The summed E-state index contributed by atoms with van der Waals surface area (Å²) < 4.78 is 59.2. The quantitative estimate of drug-likeness (QED) is 0.561. The van der Waals surface area contributed by atoms with Crippen LogP contribution >= 0.6 is 0 Å². The maximum absolute atomic E-state index is 14.6. The molecule has 9 heteroatoms. The summed E-state index contributed by atoms with van der Waals surface area (Å²) in [7, 11) is 0. The summed E-state index contributed by atoms with van der Waals surface area (Å²) in [6.45, 7) is 3.77. The van der Waals surface area contributed by atoms with E-state index in [2.05, 4.69) is 10.3 Å². The highest BCUT2D eigenvalue weighted by molar-refractivity contribution is 6.10. The molecule has 0 bridgehead atoms. The highest BCUT2D eigenvalue weighted by Gasteiger charge is 2.35. The first-order valence-electron chi connectivity index (χ1n) is 10.2. The summed E-state index contributed by atoms with van der Waals surface area (Å²) in [5.74, 6) is -1.43. The molecule has 1 aromatic heterocycles. The predicted octanol–water partition coefficient (Wildman–Crippen LogP) is 5.17. The maximum atomic E-state index is 14.6. The molecule has 2 aromatic carbocycles. The number of rotatable bonds is 4. The number of alkyl halides is 3. The van der Waals surface area contributed by atoms with Gasteiger partial charge in [0.05, 0.1) is 30.0 Å². The first-order valence-corrected chi connectivity index (χ1v) is 10.2. The molecule has 0 atom stereocenters. The summed E-state index contributed by atoms with van der Waals surface area (Å²) in [6, 6.07) is 8.40. The molecule has 1 fully saturated rings. The Bertz CT molecular complexity index is 1160.